The Morgan fingerprint density at radius 1 is 1.29 bits per heavy atom. The Hall–Kier alpha value is -4.23. The van der Waals surface area contributed by atoms with E-state index >= 15 is 0 Å². The number of fused-ring (bicyclic) bond motifs is 1. The molecule has 10 heteroatoms. The van der Waals surface area contributed by atoms with Crippen LogP contribution in [0.15, 0.2) is 36.5 Å². The SMILES string of the molecule is CC(=O)Cc1cc(Oc2ccc3nc(Nc4cc(C(C)(C)C)n([C@H]5CCOC5)n4)n(C)c3c2C#N)ccn1. The van der Waals surface area contributed by atoms with Crippen molar-refractivity contribution in [3.63, 3.8) is 0 Å². The summed E-state index contributed by atoms with van der Waals surface area (Å²) in [5.74, 6) is 2.16. The fourth-order valence-electron chi connectivity index (χ4n) is 4.71. The molecule has 0 saturated carbocycles. The number of pyridine rings is 1. The molecule has 0 aliphatic carbocycles. The predicted octanol–water partition coefficient (Wildman–Crippen LogP) is 4.96. The first kappa shape index (κ1) is 25.4. The minimum atomic E-state index is -0.0979. The summed E-state index contributed by atoms with van der Waals surface area (Å²) >= 11 is 0. The molecule has 1 atom stereocenters. The van der Waals surface area contributed by atoms with Gasteiger partial charge >= 0.3 is 0 Å². The first-order chi connectivity index (χ1) is 18.1. The van der Waals surface area contributed by atoms with E-state index in [-0.39, 0.29) is 23.7 Å². The number of nitriles is 1. The fourth-order valence-corrected chi connectivity index (χ4v) is 4.71. The second-order valence-corrected chi connectivity index (χ2v) is 10.6. The second-order valence-electron chi connectivity index (χ2n) is 10.6. The van der Waals surface area contributed by atoms with Gasteiger partial charge in [-0.1, -0.05) is 20.8 Å². The molecule has 4 aromatic rings. The average Bonchev–Trinajstić information content (AvgIpc) is 3.59. The molecular formula is C28H31N7O3. The van der Waals surface area contributed by atoms with Crippen LogP contribution in [-0.2, 0) is 28.4 Å². The van der Waals surface area contributed by atoms with Crippen molar-refractivity contribution in [2.45, 2.75) is 52.0 Å². The highest BCUT2D eigenvalue weighted by Crippen LogP contribution is 2.34. The smallest absolute Gasteiger partial charge is 0.209 e. The molecule has 0 spiro atoms. The van der Waals surface area contributed by atoms with E-state index in [1.165, 1.54) is 6.92 Å². The van der Waals surface area contributed by atoms with E-state index in [9.17, 15) is 10.1 Å². The third-order valence-corrected chi connectivity index (χ3v) is 6.55. The van der Waals surface area contributed by atoms with Gasteiger partial charge in [0.25, 0.3) is 0 Å². The Labute approximate surface area is 221 Å². The van der Waals surface area contributed by atoms with Gasteiger partial charge in [-0.2, -0.15) is 10.4 Å². The summed E-state index contributed by atoms with van der Waals surface area (Å²) in [6.07, 6.45) is 2.74. The van der Waals surface area contributed by atoms with Crippen molar-refractivity contribution in [1.29, 1.82) is 5.26 Å². The summed E-state index contributed by atoms with van der Waals surface area (Å²) in [6.45, 7) is 9.41. The minimum Gasteiger partial charge on any atom is -0.456 e. The zero-order chi connectivity index (χ0) is 27.0. The van der Waals surface area contributed by atoms with Crippen LogP contribution in [0, 0.1) is 11.3 Å². The van der Waals surface area contributed by atoms with E-state index in [1.807, 2.05) is 17.7 Å². The Morgan fingerprint density at radius 2 is 2.11 bits per heavy atom. The van der Waals surface area contributed by atoms with Gasteiger partial charge in [0, 0.05) is 49.5 Å². The van der Waals surface area contributed by atoms with Gasteiger partial charge in [-0.3, -0.25) is 14.5 Å². The number of rotatable bonds is 7. The summed E-state index contributed by atoms with van der Waals surface area (Å²) in [4.78, 5) is 20.4. The number of hydrogen-bond acceptors (Lipinski definition) is 8. The highest BCUT2D eigenvalue weighted by Gasteiger charge is 2.28. The monoisotopic (exact) mass is 513 g/mol. The highest BCUT2D eigenvalue weighted by atomic mass is 16.5. The molecule has 10 nitrogen and oxygen atoms in total. The first-order valence-electron chi connectivity index (χ1n) is 12.6. The number of Topliss-reactive ketones (excluding diaryl/α,β-unsaturated/α-hetero) is 1. The lowest BCUT2D eigenvalue weighted by Crippen LogP contribution is -2.22. The van der Waals surface area contributed by atoms with Gasteiger partial charge in [0.15, 0.2) is 5.82 Å². The number of imidazole rings is 1. The van der Waals surface area contributed by atoms with Crippen LogP contribution in [0.3, 0.4) is 0 Å². The fraction of sp³-hybridized carbons (Fsp3) is 0.393. The summed E-state index contributed by atoms with van der Waals surface area (Å²) in [6, 6.07) is 11.5. The molecule has 0 unspecified atom stereocenters. The maximum absolute atomic E-state index is 11.5. The van der Waals surface area contributed by atoms with Gasteiger partial charge in [-0.15, -0.1) is 0 Å². The molecule has 0 bridgehead atoms. The van der Waals surface area contributed by atoms with Crippen LogP contribution in [0.5, 0.6) is 11.5 Å². The van der Waals surface area contributed by atoms with Crippen molar-refractivity contribution in [2.24, 2.45) is 7.05 Å². The van der Waals surface area contributed by atoms with E-state index in [2.05, 4.69) is 47.9 Å². The predicted molar refractivity (Wildman–Crippen MR) is 143 cm³/mol. The van der Waals surface area contributed by atoms with E-state index < -0.39 is 0 Å². The number of aryl methyl sites for hydroxylation is 1. The molecular weight excluding hydrogens is 482 g/mol. The highest BCUT2D eigenvalue weighted by molar-refractivity contribution is 5.87. The van der Waals surface area contributed by atoms with Gasteiger partial charge in [0.05, 0.1) is 29.4 Å². The first-order valence-corrected chi connectivity index (χ1v) is 12.6. The standard InChI is InChI=1S/C28H31N7O3/c1-17(36)12-18-13-20(8-10-30-18)38-23-7-6-22-26(21(23)15-29)34(5)27(31-22)32-25-14-24(28(2,3)4)35(33-25)19-9-11-37-16-19/h6-8,10,13-14,19H,9,11-12,16H2,1-5H3,(H,31,32,33)/t19-/m0/s1. The Bertz CT molecular complexity index is 1550. The maximum atomic E-state index is 11.5. The Kier molecular flexibility index (Phi) is 6.63. The summed E-state index contributed by atoms with van der Waals surface area (Å²) in [5, 5.41) is 18.3. The number of nitrogens with one attached hydrogen (secondary N) is 1. The maximum Gasteiger partial charge on any atom is 0.209 e. The molecule has 1 aliphatic heterocycles. The molecule has 4 heterocycles. The number of hydrogen-bond donors (Lipinski definition) is 1. The van der Waals surface area contributed by atoms with Crippen LogP contribution in [0.2, 0.25) is 0 Å². The van der Waals surface area contributed by atoms with E-state index in [0.717, 1.165) is 18.7 Å². The number of carbonyl (C=O) groups excluding carboxylic acids is 1. The molecule has 0 amide bonds. The number of carbonyl (C=O) groups is 1. The molecule has 5 rings (SSSR count). The van der Waals surface area contributed by atoms with E-state index in [1.54, 1.807) is 24.4 Å². The van der Waals surface area contributed by atoms with Crippen LogP contribution in [0.4, 0.5) is 11.8 Å². The number of nitrogens with zero attached hydrogens (tertiary/aromatic N) is 6. The van der Waals surface area contributed by atoms with E-state index in [0.29, 0.717) is 52.2 Å². The van der Waals surface area contributed by atoms with Gasteiger partial charge < -0.3 is 19.4 Å². The summed E-state index contributed by atoms with van der Waals surface area (Å²) < 4.78 is 15.6. The van der Waals surface area contributed by atoms with Gasteiger partial charge in [0.1, 0.15) is 28.9 Å². The third-order valence-electron chi connectivity index (χ3n) is 6.55. The lowest BCUT2D eigenvalue weighted by molar-refractivity contribution is -0.116. The Morgan fingerprint density at radius 3 is 2.79 bits per heavy atom. The molecule has 0 radical (unpaired) electrons. The van der Waals surface area contributed by atoms with Crippen molar-refractivity contribution in [3.8, 4) is 17.6 Å². The van der Waals surface area contributed by atoms with Crippen LogP contribution in [-0.4, -0.2) is 43.3 Å². The average molecular weight is 514 g/mol. The number of anilines is 2. The second kappa shape index (κ2) is 9.91. The molecule has 1 aromatic carbocycles. The number of benzene rings is 1. The molecule has 3 aromatic heterocycles. The van der Waals surface area contributed by atoms with Crippen molar-refractivity contribution in [2.75, 3.05) is 18.5 Å². The van der Waals surface area contributed by atoms with Crippen molar-refractivity contribution in [3.05, 3.63) is 53.5 Å². The van der Waals surface area contributed by atoms with Crippen LogP contribution >= 0.6 is 0 Å². The van der Waals surface area contributed by atoms with Crippen LogP contribution in [0.1, 0.15) is 57.1 Å². The largest absolute Gasteiger partial charge is 0.456 e. The van der Waals surface area contributed by atoms with Gasteiger partial charge in [0.2, 0.25) is 5.95 Å². The quantitative estimate of drug-likeness (QED) is 0.368. The molecule has 1 aliphatic rings. The molecule has 1 N–H and O–H groups in total. The van der Waals surface area contributed by atoms with Crippen molar-refractivity contribution < 1.29 is 14.3 Å². The zero-order valence-electron chi connectivity index (χ0n) is 22.3. The minimum absolute atomic E-state index is 0.0136. The molecule has 38 heavy (non-hydrogen) atoms. The molecule has 1 fully saturated rings. The number of aromatic nitrogens is 5. The van der Waals surface area contributed by atoms with Crippen LogP contribution < -0.4 is 10.1 Å². The lowest BCUT2D eigenvalue weighted by atomic mass is 9.91. The molecule has 196 valence electrons. The molecule has 1 saturated heterocycles. The topological polar surface area (TPSA) is 120 Å². The normalized spacial score (nSPS) is 15.5. The zero-order valence-corrected chi connectivity index (χ0v) is 22.3. The van der Waals surface area contributed by atoms with Crippen molar-refractivity contribution >= 4 is 28.6 Å². The summed E-state index contributed by atoms with van der Waals surface area (Å²) in [5.41, 5.74) is 3.29. The van der Waals surface area contributed by atoms with Crippen molar-refractivity contribution in [1.82, 2.24) is 24.3 Å². The van der Waals surface area contributed by atoms with Crippen LogP contribution in [0.25, 0.3) is 11.0 Å². The van der Waals surface area contributed by atoms with Gasteiger partial charge in [-0.25, -0.2) is 4.98 Å². The van der Waals surface area contributed by atoms with E-state index in [4.69, 9.17) is 19.6 Å². The number of ether oxygens (including phenoxy) is 2. The lowest BCUT2D eigenvalue weighted by Gasteiger charge is -2.22. The Balaban J connectivity index is 1.48. The number of ketones is 1. The third kappa shape index (κ3) is 4.97. The summed E-state index contributed by atoms with van der Waals surface area (Å²) in [7, 11) is 1.85. The van der Waals surface area contributed by atoms with Gasteiger partial charge in [-0.05, 0) is 31.5 Å².